The van der Waals surface area contributed by atoms with Crippen LogP contribution in [-0.4, -0.2) is 50.1 Å². The fraction of sp³-hybridized carbons (Fsp3) is 0.667. The number of likely N-dealkylation sites (tertiary alicyclic amines) is 1. The molecule has 2 fully saturated rings. The second-order valence-electron chi connectivity index (χ2n) is 7.74. The summed E-state index contributed by atoms with van der Waals surface area (Å²) < 4.78 is 14.2. The van der Waals surface area contributed by atoms with Crippen molar-refractivity contribution in [3.63, 3.8) is 0 Å². The van der Waals surface area contributed by atoms with Gasteiger partial charge in [-0.3, -0.25) is 4.99 Å². The highest BCUT2D eigenvalue weighted by Gasteiger charge is 2.45. The minimum absolute atomic E-state index is 0. The molecule has 1 saturated heterocycles. The zero-order valence-corrected chi connectivity index (χ0v) is 19.0. The number of piperidine rings is 1. The molecular formula is C21H34FIN4. The van der Waals surface area contributed by atoms with Gasteiger partial charge in [-0.2, -0.15) is 0 Å². The first-order valence-corrected chi connectivity index (χ1v) is 10.2. The quantitative estimate of drug-likeness (QED) is 0.349. The normalized spacial score (nSPS) is 22.0. The summed E-state index contributed by atoms with van der Waals surface area (Å²) in [5, 5.41) is 6.87. The average molecular weight is 488 g/mol. The van der Waals surface area contributed by atoms with Crippen molar-refractivity contribution < 1.29 is 4.39 Å². The minimum atomic E-state index is -0.0997. The molecule has 1 aliphatic heterocycles. The predicted octanol–water partition coefficient (Wildman–Crippen LogP) is 3.76. The van der Waals surface area contributed by atoms with Gasteiger partial charge in [0.2, 0.25) is 0 Å². The Morgan fingerprint density at radius 3 is 2.70 bits per heavy atom. The molecule has 0 bridgehead atoms. The standard InChI is InChI=1S/C21H33FN4.HI/c1-3-23-20(24-14-17-8-7-13-26(4-2)15-17)25-16-21(11-12-21)18-9-5-6-10-19(18)22;/h5-6,9-10,17H,3-4,7-8,11-16H2,1-2H3,(H2,23,24,25);1H. The first-order chi connectivity index (χ1) is 12.7. The number of halogens is 2. The lowest BCUT2D eigenvalue weighted by atomic mass is 9.95. The van der Waals surface area contributed by atoms with Crippen molar-refractivity contribution in [3.8, 4) is 0 Å². The highest BCUT2D eigenvalue weighted by atomic mass is 127. The average Bonchev–Trinajstić information content (AvgIpc) is 3.45. The maximum atomic E-state index is 14.2. The number of rotatable bonds is 7. The molecular weight excluding hydrogens is 454 g/mol. The molecule has 1 unspecified atom stereocenters. The van der Waals surface area contributed by atoms with Crippen LogP contribution in [0.4, 0.5) is 4.39 Å². The maximum absolute atomic E-state index is 14.2. The number of nitrogens with one attached hydrogen (secondary N) is 2. The van der Waals surface area contributed by atoms with Gasteiger partial charge < -0.3 is 15.5 Å². The first-order valence-electron chi connectivity index (χ1n) is 10.2. The van der Waals surface area contributed by atoms with Gasteiger partial charge in [-0.1, -0.05) is 25.1 Å². The summed E-state index contributed by atoms with van der Waals surface area (Å²) in [5.74, 6) is 1.44. The van der Waals surface area contributed by atoms with Crippen molar-refractivity contribution in [1.29, 1.82) is 0 Å². The van der Waals surface area contributed by atoms with E-state index in [1.165, 1.54) is 25.9 Å². The maximum Gasteiger partial charge on any atom is 0.191 e. The summed E-state index contributed by atoms with van der Waals surface area (Å²) in [4.78, 5) is 7.33. The van der Waals surface area contributed by atoms with Crippen LogP contribution in [-0.2, 0) is 5.41 Å². The summed E-state index contributed by atoms with van der Waals surface area (Å²) in [7, 11) is 0. The Hall–Kier alpha value is -0.890. The molecule has 152 valence electrons. The van der Waals surface area contributed by atoms with Crippen LogP contribution < -0.4 is 10.6 Å². The van der Waals surface area contributed by atoms with E-state index < -0.39 is 0 Å². The number of guanidine groups is 1. The van der Waals surface area contributed by atoms with Crippen LogP contribution in [0.3, 0.4) is 0 Å². The molecule has 6 heteroatoms. The molecule has 1 atom stereocenters. The smallest absolute Gasteiger partial charge is 0.191 e. The van der Waals surface area contributed by atoms with Crippen LogP contribution in [0.1, 0.15) is 45.1 Å². The van der Waals surface area contributed by atoms with E-state index in [-0.39, 0.29) is 35.2 Å². The molecule has 1 aliphatic carbocycles. The van der Waals surface area contributed by atoms with Gasteiger partial charge in [-0.25, -0.2) is 4.39 Å². The molecule has 4 nitrogen and oxygen atoms in total. The lowest BCUT2D eigenvalue weighted by Gasteiger charge is -2.32. The van der Waals surface area contributed by atoms with E-state index in [0.29, 0.717) is 12.5 Å². The second kappa shape index (κ2) is 10.6. The summed E-state index contributed by atoms with van der Waals surface area (Å²) in [6.07, 6.45) is 4.60. The van der Waals surface area contributed by atoms with Gasteiger partial charge >= 0.3 is 0 Å². The van der Waals surface area contributed by atoms with Gasteiger partial charge in [-0.15, -0.1) is 24.0 Å². The Morgan fingerprint density at radius 1 is 1.26 bits per heavy atom. The third-order valence-corrected chi connectivity index (χ3v) is 5.79. The van der Waals surface area contributed by atoms with Crippen molar-refractivity contribution in [3.05, 3.63) is 35.6 Å². The summed E-state index contributed by atoms with van der Waals surface area (Å²) in [6.45, 7) is 10.3. The van der Waals surface area contributed by atoms with Gasteiger partial charge in [0.05, 0.1) is 6.54 Å². The van der Waals surface area contributed by atoms with Crippen molar-refractivity contribution in [2.24, 2.45) is 10.9 Å². The summed E-state index contributed by atoms with van der Waals surface area (Å²) in [6, 6.07) is 7.16. The third kappa shape index (κ3) is 6.04. The Labute approximate surface area is 180 Å². The van der Waals surface area contributed by atoms with Crippen molar-refractivity contribution in [1.82, 2.24) is 15.5 Å². The Balaban J connectivity index is 0.00000261. The molecule has 1 aromatic rings. The number of benzene rings is 1. The first kappa shape index (κ1) is 22.4. The Bertz CT molecular complexity index is 618. The van der Waals surface area contributed by atoms with E-state index in [0.717, 1.165) is 44.0 Å². The number of nitrogens with zero attached hydrogens (tertiary/aromatic N) is 2. The Morgan fingerprint density at radius 2 is 2.04 bits per heavy atom. The zero-order chi connectivity index (χ0) is 18.4. The fourth-order valence-electron chi connectivity index (χ4n) is 3.97. The molecule has 0 amide bonds. The predicted molar refractivity (Wildman–Crippen MR) is 122 cm³/mol. The highest BCUT2D eigenvalue weighted by Crippen LogP contribution is 2.49. The second-order valence-corrected chi connectivity index (χ2v) is 7.74. The van der Waals surface area contributed by atoms with Crippen molar-refractivity contribution in [2.45, 2.75) is 44.9 Å². The molecule has 3 rings (SSSR count). The molecule has 0 aromatic heterocycles. The third-order valence-electron chi connectivity index (χ3n) is 5.79. The van der Waals surface area contributed by atoms with E-state index in [4.69, 9.17) is 4.99 Å². The van der Waals surface area contributed by atoms with Crippen molar-refractivity contribution in [2.75, 3.05) is 39.3 Å². The monoisotopic (exact) mass is 488 g/mol. The molecule has 0 radical (unpaired) electrons. The molecule has 1 saturated carbocycles. The van der Waals surface area contributed by atoms with Crippen LogP contribution in [0.5, 0.6) is 0 Å². The number of hydrogen-bond acceptors (Lipinski definition) is 2. The lowest BCUT2D eigenvalue weighted by Crippen LogP contribution is -2.44. The lowest BCUT2D eigenvalue weighted by molar-refractivity contribution is 0.183. The van der Waals surface area contributed by atoms with E-state index >= 15 is 0 Å². The highest BCUT2D eigenvalue weighted by molar-refractivity contribution is 14.0. The van der Waals surface area contributed by atoms with Crippen LogP contribution in [0, 0.1) is 11.7 Å². The van der Waals surface area contributed by atoms with Crippen LogP contribution in [0.15, 0.2) is 29.3 Å². The molecule has 2 aliphatic rings. The molecule has 0 spiro atoms. The van der Waals surface area contributed by atoms with E-state index in [1.807, 2.05) is 12.1 Å². The SMILES string of the molecule is CCNC(=NCC1(c2ccccc2F)CC1)NCC1CCCN(CC)C1.I. The summed E-state index contributed by atoms with van der Waals surface area (Å²) in [5.41, 5.74) is 0.725. The zero-order valence-electron chi connectivity index (χ0n) is 16.6. The van der Waals surface area contributed by atoms with E-state index in [1.54, 1.807) is 12.1 Å². The largest absolute Gasteiger partial charge is 0.357 e. The van der Waals surface area contributed by atoms with Crippen LogP contribution >= 0.6 is 24.0 Å². The van der Waals surface area contributed by atoms with E-state index in [9.17, 15) is 4.39 Å². The van der Waals surface area contributed by atoms with Gasteiger partial charge in [0.15, 0.2) is 5.96 Å². The molecule has 1 heterocycles. The van der Waals surface area contributed by atoms with Gasteiger partial charge in [0.25, 0.3) is 0 Å². The topological polar surface area (TPSA) is 39.7 Å². The molecule has 1 aromatic carbocycles. The van der Waals surface area contributed by atoms with Crippen LogP contribution in [0.25, 0.3) is 0 Å². The number of hydrogen-bond donors (Lipinski definition) is 2. The number of aliphatic imine (C=N–C) groups is 1. The van der Waals surface area contributed by atoms with E-state index in [2.05, 4.69) is 29.4 Å². The van der Waals surface area contributed by atoms with Gasteiger partial charge in [-0.05, 0) is 63.2 Å². The van der Waals surface area contributed by atoms with Crippen LogP contribution in [0.2, 0.25) is 0 Å². The molecule has 2 N–H and O–H groups in total. The fourth-order valence-corrected chi connectivity index (χ4v) is 3.97. The summed E-state index contributed by atoms with van der Waals surface area (Å²) >= 11 is 0. The Kier molecular flexibility index (Phi) is 8.79. The minimum Gasteiger partial charge on any atom is -0.357 e. The van der Waals surface area contributed by atoms with Gasteiger partial charge in [0, 0.05) is 25.0 Å². The molecule has 27 heavy (non-hydrogen) atoms. The van der Waals surface area contributed by atoms with Gasteiger partial charge in [0.1, 0.15) is 5.82 Å². The van der Waals surface area contributed by atoms with Crippen molar-refractivity contribution >= 4 is 29.9 Å².